The number of methoxy groups -OCH3 is 1. The first kappa shape index (κ1) is 12.8. The Labute approximate surface area is 99.9 Å². The van der Waals surface area contributed by atoms with Crippen LogP contribution in [0.5, 0.6) is 5.75 Å². The van der Waals surface area contributed by atoms with Gasteiger partial charge in [-0.05, 0) is 19.2 Å². The Kier molecular flexibility index (Phi) is 5.08. The molecule has 0 aromatic heterocycles. The molecule has 1 amide bonds. The topological polar surface area (TPSA) is 50.4 Å². The highest BCUT2D eigenvalue weighted by atomic mass is 35.5. The van der Waals surface area contributed by atoms with Crippen molar-refractivity contribution in [2.24, 2.45) is 0 Å². The second-order valence-corrected chi connectivity index (χ2v) is 3.65. The average Bonchev–Trinajstić information content (AvgIpc) is 2.29. The minimum Gasteiger partial charge on any atom is -0.497 e. The van der Waals surface area contributed by atoms with Crippen LogP contribution in [-0.4, -0.2) is 26.6 Å². The lowest BCUT2D eigenvalue weighted by Crippen LogP contribution is -2.18. The maximum atomic E-state index is 11.4. The normalized spacial score (nSPS) is 9.94. The standard InChI is InChI=1S/C11H15ClN2O2/c1-13-6-5-11(15)14-10-4-3-8(16-2)7-9(10)12/h3-4,7,13H,5-6H2,1-2H3,(H,14,15). The number of carbonyl (C=O) groups is 1. The van der Waals surface area contributed by atoms with Crippen LogP contribution in [0.2, 0.25) is 5.02 Å². The minimum absolute atomic E-state index is 0.0681. The highest BCUT2D eigenvalue weighted by Crippen LogP contribution is 2.26. The fourth-order valence-electron chi connectivity index (χ4n) is 1.18. The fraction of sp³-hybridized carbons (Fsp3) is 0.364. The Balaban J connectivity index is 2.63. The van der Waals surface area contributed by atoms with E-state index in [9.17, 15) is 4.79 Å². The monoisotopic (exact) mass is 242 g/mol. The maximum Gasteiger partial charge on any atom is 0.225 e. The Morgan fingerprint density at radius 3 is 2.81 bits per heavy atom. The largest absolute Gasteiger partial charge is 0.497 e. The van der Waals surface area contributed by atoms with Gasteiger partial charge in [0.2, 0.25) is 5.91 Å². The lowest BCUT2D eigenvalue weighted by Gasteiger charge is -2.08. The molecule has 1 aromatic rings. The number of carbonyl (C=O) groups excluding carboxylic acids is 1. The summed E-state index contributed by atoms with van der Waals surface area (Å²) in [5, 5.41) is 6.10. The van der Waals surface area contributed by atoms with Crippen molar-refractivity contribution in [1.82, 2.24) is 5.32 Å². The van der Waals surface area contributed by atoms with Crippen LogP contribution < -0.4 is 15.4 Å². The van der Waals surface area contributed by atoms with Gasteiger partial charge in [0.25, 0.3) is 0 Å². The van der Waals surface area contributed by atoms with Crippen molar-refractivity contribution in [3.63, 3.8) is 0 Å². The third kappa shape index (κ3) is 3.72. The van der Waals surface area contributed by atoms with Crippen molar-refractivity contribution in [2.45, 2.75) is 6.42 Å². The lowest BCUT2D eigenvalue weighted by atomic mass is 10.3. The third-order valence-electron chi connectivity index (χ3n) is 2.05. The second-order valence-electron chi connectivity index (χ2n) is 3.25. The van der Waals surface area contributed by atoms with E-state index in [1.807, 2.05) is 0 Å². The van der Waals surface area contributed by atoms with Crippen molar-refractivity contribution in [2.75, 3.05) is 26.0 Å². The van der Waals surface area contributed by atoms with Gasteiger partial charge in [0, 0.05) is 19.0 Å². The van der Waals surface area contributed by atoms with Gasteiger partial charge in [0.05, 0.1) is 17.8 Å². The Morgan fingerprint density at radius 2 is 2.25 bits per heavy atom. The first-order valence-electron chi connectivity index (χ1n) is 4.95. The number of hydrogen-bond acceptors (Lipinski definition) is 3. The summed E-state index contributed by atoms with van der Waals surface area (Å²) < 4.78 is 5.01. The van der Waals surface area contributed by atoms with E-state index in [4.69, 9.17) is 16.3 Å². The van der Waals surface area contributed by atoms with Crippen LogP contribution in [-0.2, 0) is 4.79 Å². The predicted octanol–water partition coefficient (Wildman–Crippen LogP) is 1.90. The van der Waals surface area contributed by atoms with E-state index in [1.54, 1.807) is 32.4 Å². The SMILES string of the molecule is CNCCC(=O)Nc1ccc(OC)cc1Cl. The highest BCUT2D eigenvalue weighted by Gasteiger charge is 2.06. The molecule has 5 heteroatoms. The fourth-order valence-corrected chi connectivity index (χ4v) is 1.39. The first-order chi connectivity index (χ1) is 7.67. The maximum absolute atomic E-state index is 11.4. The number of nitrogens with one attached hydrogen (secondary N) is 2. The van der Waals surface area contributed by atoms with Crippen molar-refractivity contribution in [1.29, 1.82) is 0 Å². The Hall–Kier alpha value is -1.26. The van der Waals surface area contributed by atoms with Crippen LogP contribution in [0.3, 0.4) is 0 Å². The molecule has 0 radical (unpaired) electrons. The smallest absolute Gasteiger partial charge is 0.225 e. The third-order valence-corrected chi connectivity index (χ3v) is 2.37. The molecule has 0 unspecified atom stereocenters. The van der Waals surface area contributed by atoms with E-state index in [-0.39, 0.29) is 5.91 Å². The molecule has 0 spiro atoms. The summed E-state index contributed by atoms with van der Waals surface area (Å²) in [7, 11) is 3.37. The number of halogens is 1. The summed E-state index contributed by atoms with van der Waals surface area (Å²) >= 11 is 5.98. The highest BCUT2D eigenvalue weighted by molar-refractivity contribution is 6.33. The molecule has 1 aromatic carbocycles. The van der Waals surface area contributed by atoms with Crippen LogP contribution in [0.15, 0.2) is 18.2 Å². The van der Waals surface area contributed by atoms with Gasteiger partial charge in [0.1, 0.15) is 5.75 Å². The van der Waals surface area contributed by atoms with Gasteiger partial charge in [-0.2, -0.15) is 0 Å². The molecule has 1 rings (SSSR count). The summed E-state index contributed by atoms with van der Waals surface area (Å²) in [5.41, 5.74) is 0.601. The van der Waals surface area contributed by atoms with Crippen molar-refractivity contribution < 1.29 is 9.53 Å². The molecule has 0 aliphatic heterocycles. The zero-order valence-electron chi connectivity index (χ0n) is 9.34. The quantitative estimate of drug-likeness (QED) is 0.829. The van der Waals surface area contributed by atoms with Gasteiger partial charge < -0.3 is 15.4 Å². The lowest BCUT2D eigenvalue weighted by molar-refractivity contribution is -0.116. The Bertz CT molecular complexity index is 369. The van der Waals surface area contributed by atoms with E-state index in [0.717, 1.165) is 0 Å². The van der Waals surface area contributed by atoms with Crippen LogP contribution in [0.25, 0.3) is 0 Å². The molecule has 0 aliphatic rings. The number of amides is 1. The van der Waals surface area contributed by atoms with E-state index in [2.05, 4.69) is 10.6 Å². The molecule has 88 valence electrons. The molecule has 0 saturated carbocycles. The molecule has 0 fully saturated rings. The molecule has 0 atom stereocenters. The predicted molar refractivity (Wildman–Crippen MR) is 65.2 cm³/mol. The molecule has 2 N–H and O–H groups in total. The zero-order valence-corrected chi connectivity index (χ0v) is 10.1. The van der Waals surface area contributed by atoms with Gasteiger partial charge in [0.15, 0.2) is 0 Å². The molecule has 0 saturated heterocycles. The molecular formula is C11H15ClN2O2. The van der Waals surface area contributed by atoms with Gasteiger partial charge in [-0.15, -0.1) is 0 Å². The molecule has 4 nitrogen and oxygen atoms in total. The van der Waals surface area contributed by atoms with Crippen molar-refractivity contribution in [3.05, 3.63) is 23.2 Å². The first-order valence-corrected chi connectivity index (χ1v) is 5.33. The second kappa shape index (κ2) is 6.35. The molecule has 0 aliphatic carbocycles. The van der Waals surface area contributed by atoms with Crippen LogP contribution >= 0.6 is 11.6 Å². The van der Waals surface area contributed by atoms with E-state index in [0.29, 0.717) is 29.4 Å². The summed E-state index contributed by atoms with van der Waals surface area (Å²) in [5.74, 6) is 0.597. The summed E-state index contributed by atoms with van der Waals surface area (Å²) in [4.78, 5) is 11.4. The van der Waals surface area contributed by atoms with Gasteiger partial charge >= 0.3 is 0 Å². The number of ether oxygens (including phenoxy) is 1. The van der Waals surface area contributed by atoms with Crippen molar-refractivity contribution >= 4 is 23.2 Å². The number of hydrogen-bond donors (Lipinski definition) is 2. The number of anilines is 1. The van der Waals surface area contributed by atoms with Gasteiger partial charge in [-0.1, -0.05) is 11.6 Å². The van der Waals surface area contributed by atoms with E-state index in [1.165, 1.54) is 0 Å². The molecule has 16 heavy (non-hydrogen) atoms. The molecular weight excluding hydrogens is 228 g/mol. The summed E-state index contributed by atoms with van der Waals surface area (Å²) in [6, 6.07) is 5.13. The van der Waals surface area contributed by atoms with E-state index < -0.39 is 0 Å². The molecule has 0 heterocycles. The van der Waals surface area contributed by atoms with Gasteiger partial charge in [-0.3, -0.25) is 4.79 Å². The minimum atomic E-state index is -0.0681. The van der Waals surface area contributed by atoms with Crippen LogP contribution in [0.4, 0.5) is 5.69 Å². The summed E-state index contributed by atoms with van der Waals surface area (Å²) in [6.07, 6.45) is 0.416. The van der Waals surface area contributed by atoms with Crippen molar-refractivity contribution in [3.8, 4) is 5.75 Å². The summed E-state index contributed by atoms with van der Waals surface area (Å²) in [6.45, 7) is 0.638. The van der Waals surface area contributed by atoms with Gasteiger partial charge in [-0.25, -0.2) is 0 Å². The molecule has 0 bridgehead atoms. The van der Waals surface area contributed by atoms with E-state index >= 15 is 0 Å². The van der Waals surface area contributed by atoms with Crippen LogP contribution in [0, 0.1) is 0 Å². The number of rotatable bonds is 5. The Morgan fingerprint density at radius 1 is 1.50 bits per heavy atom. The average molecular weight is 243 g/mol. The number of benzene rings is 1. The zero-order chi connectivity index (χ0) is 12.0. The van der Waals surface area contributed by atoms with Crippen LogP contribution in [0.1, 0.15) is 6.42 Å².